The Bertz CT molecular complexity index is 420. The van der Waals surface area contributed by atoms with Gasteiger partial charge in [-0.15, -0.1) is 0 Å². The molecule has 0 N–H and O–H groups in total. The summed E-state index contributed by atoms with van der Waals surface area (Å²) < 4.78 is 10.9. The molecule has 3 rings (SSSR count). The fourth-order valence-corrected chi connectivity index (χ4v) is 2.33. The van der Waals surface area contributed by atoms with Gasteiger partial charge in [-0.3, -0.25) is 0 Å². The van der Waals surface area contributed by atoms with Gasteiger partial charge in [0.25, 0.3) is 0 Å². The Morgan fingerprint density at radius 1 is 1.39 bits per heavy atom. The Morgan fingerprint density at radius 2 is 2.22 bits per heavy atom. The second-order valence-corrected chi connectivity index (χ2v) is 4.80. The Kier molecular flexibility index (Phi) is 3.19. The Labute approximate surface area is 106 Å². The quantitative estimate of drug-likeness (QED) is 0.804. The first-order valence-corrected chi connectivity index (χ1v) is 6.43. The molecular weight excluding hydrogens is 230 g/mol. The van der Waals surface area contributed by atoms with Gasteiger partial charge < -0.3 is 14.4 Å². The number of hydrogen-bond acceptors (Lipinski definition) is 3. The fraction of sp³-hybridized carbons (Fsp3) is 0.500. The molecule has 2 fully saturated rings. The lowest BCUT2D eigenvalue weighted by Crippen LogP contribution is -2.35. The minimum Gasteiger partial charge on any atom is -0.445 e. The van der Waals surface area contributed by atoms with E-state index in [-0.39, 0.29) is 18.2 Å². The number of carbonyl (C=O) groups excluding carboxylic acids is 1. The molecule has 4 heteroatoms. The number of nitrogens with zero attached hydrogens (tertiary/aromatic N) is 1. The molecule has 0 bridgehead atoms. The summed E-state index contributed by atoms with van der Waals surface area (Å²) in [6, 6.07) is 10.00. The molecule has 0 radical (unpaired) electrons. The van der Waals surface area contributed by atoms with Gasteiger partial charge in [0.05, 0.1) is 12.1 Å². The molecule has 1 aromatic rings. The number of ether oxygens (including phenoxy) is 2. The topological polar surface area (TPSA) is 38.8 Å². The van der Waals surface area contributed by atoms with Crippen molar-refractivity contribution in [3.8, 4) is 0 Å². The van der Waals surface area contributed by atoms with Crippen LogP contribution in [0.2, 0.25) is 0 Å². The monoisotopic (exact) mass is 247 g/mol. The molecule has 18 heavy (non-hydrogen) atoms. The van der Waals surface area contributed by atoms with E-state index in [9.17, 15) is 4.79 Å². The molecule has 1 saturated carbocycles. The molecule has 2 aliphatic rings. The summed E-state index contributed by atoms with van der Waals surface area (Å²) in [6.07, 6.45) is 1.89. The number of fused-ring (bicyclic) bond motifs is 1. The minimum absolute atomic E-state index is 0.211. The zero-order valence-electron chi connectivity index (χ0n) is 10.2. The van der Waals surface area contributed by atoms with E-state index in [1.165, 1.54) is 0 Å². The molecule has 0 spiro atoms. The highest BCUT2D eigenvalue weighted by Crippen LogP contribution is 2.34. The smallest absolute Gasteiger partial charge is 0.410 e. The summed E-state index contributed by atoms with van der Waals surface area (Å²) in [5.74, 6) is 0. The van der Waals surface area contributed by atoms with Gasteiger partial charge in [-0.2, -0.15) is 0 Å². The number of carbonyl (C=O) groups is 1. The second kappa shape index (κ2) is 4.98. The summed E-state index contributed by atoms with van der Waals surface area (Å²) in [4.78, 5) is 13.8. The third kappa shape index (κ3) is 2.48. The van der Waals surface area contributed by atoms with E-state index in [2.05, 4.69) is 0 Å². The Hall–Kier alpha value is -1.55. The van der Waals surface area contributed by atoms with Gasteiger partial charge in [-0.1, -0.05) is 30.3 Å². The van der Waals surface area contributed by atoms with Crippen LogP contribution >= 0.6 is 0 Å². The number of amides is 1. The molecular formula is C14H17NO3. The molecule has 1 aliphatic heterocycles. The van der Waals surface area contributed by atoms with E-state index in [0.717, 1.165) is 31.6 Å². The maximum atomic E-state index is 12.0. The molecule has 2 unspecified atom stereocenters. The van der Waals surface area contributed by atoms with Crippen molar-refractivity contribution in [2.45, 2.75) is 31.6 Å². The minimum atomic E-state index is -0.211. The molecule has 1 saturated heterocycles. The fourth-order valence-electron chi connectivity index (χ4n) is 2.33. The predicted octanol–water partition coefficient (Wildman–Crippen LogP) is 2.19. The third-order valence-corrected chi connectivity index (χ3v) is 3.42. The SMILES string of the molecule is O=C(OCc1ccccc1)N1CCCOC2CC21. The number of benzene rings is 1. The van der Waals surface area contributed by atoms with Crippen LogP contribution in [0.3, 0.4) is 0 Å². The predicted molar refractivity (Wildman–Crippen MR) is 66.1 cm³/mol. The largest absolute Gasteiger partial charge is 0.445 e. The highest BCUT2D eigenvalue weighted by molar-refractivity contribution is 5.68. The molecule has 1 aliphatic carbocycles. The summed E-state index contributed by atoms with van der Waals surface area (Å²) in [5, 5.41) is 0. The number of rotatable bonds is 2. The van der Waals surface area contributed by atoms with Crippen LogP contribution in [0.5, 0.6) is 0 Å². The first-order chi connectivity index (χ1) is 8.84. The summed E-state index contributed by atoms with van der Waals surface area (Å²) >= 11 is 0. The Morgan fingerprint density at radius 3 is 3.06 bits per heavy atom. The lowest BCUT2D eigenvalue weighted by atomic mass is 10.2. The summed E-state index contributed by atoms with van der Waals surface area (Å²) in [7, 11) is 0. The molecule has 1 amide bonds. The van der Waals surface area contributed by atoms with Crippen molar-refractivity contribution in [3.05, 3.63) is 35.9 Å². The van der Waals surface area contributed by atoms with Crippen LogP contribution in [0.25, 0.3) is 0 Å². The summed E-state index contributed by atoms with van der Waals surface area (Å²) in [5.41, 5.74) is 1.02. The first-order valence-electron chi connectivity index (χ1n) is 6.43. The van der Waals surface area contributed by atoms with Gasteiger partial charge in [-0.25, -0.2) is 4.79 Å². The van der Waals surface area contributed by atoms with Crippen molar-refractivity contribution < 1.29 is 14.3 Å². The van der Waals surface area contributed by atoms with E-state index in [0.29, 0.717) is 6.61 Å². The normalized spacial score (nSPS) is 26.1. The molecule has 1 aromatic carbocycles. The standard InChI is InChI=1S/C14H17NO3/c16-14(18-10-11-5-2-1-3-6-11)15-7-4-8-17-13-9-12(13)15/h1-3,5-6,12-13H,4,7-10H2. The number of hydrogen-bond donors (Lipinski definition) is 0. The summed E-state index contributed by atoms with van der Waals surface area (Å²) in [6.45, 7) is 1.84. The second-order valence-electron chi connectivity index (χ2n) is 4.80. The van der Waals surface area contributed by atoms with E-state index < -0.39 is 0 Å². The Balaban J connectivity index is 1.55. The van der Waals surface area contributed by atoms with Crippen molar-refractivity contribution >= 4 is 6.09 Å². The van der Waals surface area contributed by atoms with E-state index in [1.54, 1.807) is 0 Å². The van der Waals surface area contributed by atoms with Crippen molar-refractivity contribution in [1.82, 2.24) is 4.90 Å². The zero-order chi connectivity index (χ0) is 12.4. The van der Waals surface area contributed by atoms with E-state index in [1.807, 2.05) is 35.2 Å². The zero-order valence-corrected chi connectivity index (χ0v) is 10.2. The molecule has 1 heterocycles. The van der Waals surface area contributed by atoms with Crippen LogP contribution in [0.1, 0.15) is 18.4 Å². The van der Waals surface area contributed by atoms with Crippen LogP contribution in [-0.4, -0.2) is 36.3 Å². The van der Waals surface area contributed by atoms with Crippen LogP contribution in [0, 0.1) is 0 Å². The average molecular weight is 247 g/mol. The highest BCUT2D eigenvalue weighted by atomic mass is 16.6. The lowest BCUT2D eigenvalue weighted by Gasteiger charge is -2.20. The van der Waals surface area contributed by atoms with Gasteiger partial charge in [0.1, 0.15) is 6.61 Å². The van der Waals surface area contributed by atoms with Crippen molar-refractivity contribution in [3.63, 3.8) is 0 Å². The van der Waals surface area contributed by atoms with Crippen LogP contribution in [-0.2, 0) is 16.1 Å². The van der Waals surface area contributed by atoms with Gasteiger partial charge in [0.2, 0.25) is 0 Å². The average Bonchev–Trinajstić information content (AvgIpc) is 3.16. The lowest BCUT2D eigenvalue weighted by molar-refractivity contribution is 0.0902. The molecule has 96 valence electrons. The molecule has 2 atom stereocenters. The van der Waals surface area contributed by atoms with Gasteiger partial charge in [0, 0.05) is 13.2 Å². The first kappa shape index (κ1) is 11.5. The third-order valence-electron chi connectivity index (χ3n) is 3.42. The van der Waals surface area contributed by atoms with Crippen molar-refractivity contribution in [2.75, 3.05) is 13.2 Å². The van der Waals surface area contributed by atoms with Gasteiger partial charge in [0.15, 0.2) is 0 Å². The van der Waals surface area contributed by atoms with Gasteiger partial charge >= 0.3 is 6.09 Å². The van der Waals surface area contributed by atoms with E-state index in [4.69, 9.17) is 9.47 Å². The maximum Gasteiger partial charge on any atom is 0.410 e. The van der Waals surface area contributed by atoms with Gasteiger partial charge in [-0.05, 0) is 18.4 Å². The maximum absolute atomic E-state index is 12.0. The molecule has 0 aromatic heterocycles. The molecule has 4 nitrogen and oxygen atoms in total. The van der Waals surface area contributed by atoms with Crippen LogP contribution in [0.15, 0.2) is 30.3 Å². The van der Waals surface area contributed by atoms with Crippen LogP contribution in [0.4, 0.5) is 4.79 Å². The van der Waals surface area contributed by atoms with Crippen LogP contribution < -0.4 is 0 Å². The van der Waals surface area contributed by atoms with Crippen molar-refractivity contribution in [1.29, 1.82) is 0 Å². The van der Waals surface area contributed by atoms with Crippen molar-refractivity contribution in [2.24, 2.45) is 0 Å². The van der Waals surface area contributed by atoms with E-state index >= 15 is 0 Å². The highest BCUT2D eigenvalue weighted by Gasteiger charge is 2.46.